The highest BCUT2D eigenvalue weighted by atomic mass is 35.5. The van der Waals surface area contributed by atoms with Gasteiger partial charge in [-0.15, -0.1) is 0 Å². The highest BCUT2D eigenvalue weighted by molar-refractivity contribution is 6.38. The molecule has 0 aliphatic heterocycles. The number of benzene rings is 1. The monoisotopic (exact) mass is 211 g/mol. The molecule has 14 heavy (non-hydrogen) atoms. The van der Waals surface area contributed by atoms with E-state index in [2.05, 4.69) is 0 Å². The van der Waals surface area contributed by atoms with E-state index < -0.39 is 5.97 Å². The van der Waals surface area contributed by atoms with Gasteiger partial charge >= 0.3 is 5.97 Å². The molecule has 5 heteroatoms. The number of fused-ring (bicyclic) bond motifs is 1. The van der Waals surface area contributed by atoms with Crippen LogP contribution in [0, 0.1) is 0 Å². The average molecular weight is 212 g/mol. The summed E-state index contributed by atoms with van der Waals surface area (Å²) in [6.07, 6.45) is 0. The van der Waals surface area contributed by atoms with Gasteiger partial charge in [0.2, 0.25) is 5.76 Å². The number of carboxylic acid groups (broad SMARTS) is 1. The van der Waals surface area contributed by atoms with E-state index >= 15 is 0 Å². The van der Waals surface area contributed by atoms with Crippen molar-refractivity contribution in [3.63, 3.8) is 0 Å². The van der Waals surface area contributed by atoms with E-state index in [1.54, 1.807) is 12.1 Å². The number of anilines is 1. The molecule has 72 valence electrons. The molecule has 3 N–H and O–H groups in total. The maximum absolute atomic E-state index is 10.7. The van der Waals surface area contributed by atoms with Crippen LogP contribution in [-0.2, 0) is 0 Å². The van der Waals surface area contributed by atoms with Crippen molar-refractivity contribution in [3.05, 3.63) is 29.0 Å². The van der Waals surface area contributed by atoms with Crippen molar-refractivity contribution in [2.45, 2.75) is 0 Å². The van der Waals surface area contributed by atoms with Crippen LogP contribution in [0.4, 0.5) is 5.69 Å². The van der Waals surface area contributed by atoms with E-state index in [1.165, 1.54) is 6.07 Å². The van der Waals surface area contributed by atoms with Gasteiger partial charge in [-0.3, -0.25) is 0 Å². The molecule has 0 unspecified atom stereocenters. The minimum atomic E-state index is -1.19. The summed E-state index contributed by atoms with van der Waals surface area (Å²) in [7, 11) is 0. The van der Waals surface area contributed by atoms with Crippen LogP contribution in [0.2, 0.25) is 5.02 Å². The number of rotatable bonds is 1. The fourth-order valence-corrected chi connectivity index (χ4v) is 1.49. The Morgan fingerprint density at radius 3 is 2.86 bits per heavy atom. The van der Waals surface area contributed by atoms with Gasteiger partial charge in [0.25, 0.3) is 0 Å². The van der Waals surface area contributed by atoms with E-state index in [9.17, 15) is 4.79 Å². The third-order valence-corrected chi connectivity index (χ3v) is 2.22. The molecular weight excluding hydrogens is 206 g/mol. The number of nitrogen functional groups attached to an aromatic ring is 1. The maximum atomic E-state index is 10.7. The average Bonchev–Trinajstić information content (AvgIpc) is 2.43. The smallest absolute Gasteiger partial charge is 0.373 e. The number of nitrogens with two attached hydrogens (primary N) is 1. The summed E-state index contributed by atoms with van der Waals surface area (Å²) in [4.78, 5) is 10.7. The van der Waals surface area contributed by atoms with Crippen LogP contribution in [0.15, 0.2) is 22.6 Å². The second-order valence-electron chi connectivity index (χ2n) is 2.81. The quantitative estimate of drug-likeness (QED) is 0.710. The van der Waals surface area contributed by atoms with Gasteiger partial charge in [0.15, 0.2) is 0 Å². The Morgan fingerprint density at radius 2 is 2.21 bits per heavy atom. The Labute approximate surface area is 83.9 Å². The molecule has 1 aromatic heterocycles. The number of furan rings is 1. The minimum Gasteiger partial charge on any atom is -0.475 e. The van der Waals surface area contributed by atoms with Gasteiger partial charge in [0.05, 0.1) is 0 Å². The molecular formula is C9H6ClNO3. The first-order chi connectivity index (χ1) is 6.59. The van der Waals surface area contributed by atoms with Crippen LogP contribution in [0.5, 0.6) is 0 Å². The molecule has 0 aliphatic rings. The lowest BCUT2D eigenvalue weighted by atomic mass is 10.2. The number of carbonyl (C=O) groups is 1. The first-order valence-corrected chi connectivity index (χ1v) is 4.18. The lowest BCUT2D eigenvalue weighted by molar-refractivity contribution is 0.0665. The largest absolute Gasteiger partial charge is 0.475 e. The lowest BCUT2D eigenvalue weighted by Crippen LogP contribution is -1.93. The molecule has 0 spiro atoms. The highest BCUT2D eigenvalue weighted by Gasteiger charge is 2.17. The Hall–Kier alpha value is -1.68. The molecule has 0 amide bonds. The van der Waals surface area contributed by atoms with E-state index in [4.69, 9.17) is 26.9 Å². The topological polar surface area (TPSA) is 76.5 Å². The van der Waals surface area contributed by atoms with Crippen LogP contribution in [0.1, 0.15) is 10.6 Å². The van der Waals surface area contributed by atoms with Crippen molar-refractivity contribution in [2.75, 3.05) is 5.73 Å². The van der Waals surface area contributed by atoms with Gasteiger partial charge in [-0.25, -0.2) is 4.79 Å². The summed E-state index contributed by atoms with van der Waals surface area (Å²) >= 11 is 5.79. The summed E-state index contributed by atoms with van der Waals surface area (Å²) in [5.74, 6) is -1.45. The van der Waals surface area contributed by atoms with E-state index in [1.807, 2.05) is 0 Å². The summed E-state index contributed by atoms with van der Waals surface area (Å²) in [6, 6.07) is 4.80. The Bertz CT molecular complexity index is 518. The van der Waals surface area contributed by atoms with Crippen molar-refractivity contribution >= 4 is 34.2 Å². The first-order valence-electron chi connectivity index (χ1n) is 3.80. The van der Waals surface area contributed by atoms with Crippen molar-refractivity contribution in [1.29, 1.82) is 0 Å². The SMILES string of the molecule is Nc1ccc2c(Cl)c(C(=O)O)oc2c1. The zero-order valence-corrected chi connectivity index (χ0v) is 7.71. The third-order valence-electron chi connectivity index (χ3n) is 1.85. The zero-order chi connectivity index (χ0) is 10.3. The fourth-order valence-electron chi connectivity index (χ4n) is 1.22. The van der Waals surface area contributed by atoms with Crippen molar-refractivity contribution in [3.8, 4) is 0 Å². The first kappa shape index (κ1) is 8.90. The number of hydrogen-bond acceptors (Lipinski definition) is 3. The predicted octanol–water partition coefficient (Wildman–Crippen LogP) is 2.37. The molecule has 1 aromatic carbocycles. The highest BCUT2D eigenvalue weighted by Crippen LogP contribution is 2.31. The summed E-state index contributed by atoms with van der Waals surface area (Å²) in [5.41, 5.74) is 6.39. The van der Waals surface area contributed by atoms with E-state index in [0.717, 1.165) is 0 Å². The predicted molar refractivity (Wildman–Crippen MR) is 52.6 cm³/mol. The van der Waals surface area contributed by atoms with Crippen LogP contribution in [-0.4, -0.2) is 11.1 Å². The van der Waals surface area contributed by atoms with Gasteiger partial charge in [0, 0.05) is 17.1 Å². The molecule has 1 heterocycles. The zero-order valence-electron chi connectivity index (χ0n) is 6.95. The Morgan fingerprint density at radius 1 is 1.50 bits per heavy atom. The van der Waals surface area contributed by atoms with Crippen LogP contribution in [0.3, 0.4) is 0 Å². The molecule has 0 saturated carbocycles. The second kappa shape index (κ2) is 2.92. The van der Waals surface area contributed by atoms with Crippen LogP contribution < -0.4 is 5.73 Å². The number of carboxylic acids is 1. The molecule has 2 rings (SSSR count). The van der Waals surface area contributed by atoms with Gasteiger partial charge in [-0.1, -0.05) is 11.6 Å². The number of aromatic carboxylic acids is 1. The molecule has 4 nitrogen and oxygen atoms in total. The summed E-state index contributed by atoms with van der Waals surface area (Å²) < 4.78 is 5.03. The van der Waals surface area contributed by atoms with Crippen LogP contribution >= 0.6 is 11.6 Å². The van der Waals surface area contributed by atoms with Crippen molar-refractivity contribution in [2.24, 2.45) is 0 Å². The van der Waals surface area contributed by atoms with Crippen molar-refractivity contribution < 1.29 is 14.3 Å². The molecule has 0 bridgehead atoms. The Kier molecular flexibility index (Phi) is 1.86. The standard InChI is InChI=1S/C9H6ClNO3/c10-7-5-2-1-4(11)3-6(5)14-8(7)9(12)13/h1-3H,11H2,(H,12,13). The molecule has 0 saturated heterocycles. The number of halogens is 1. The van der Waals surface area contributed by atoms with Gasteiger partial charge in [-0.2, -0.15) is 0 Å². The van der Waals surface area contributed by atoms with E-state index in [-0.39, 0.29) is 10.8 Å². The minimum absolute atomic E-state index is 0.104. The molecule has 0 aliphatic carbocycles. The molecule has 2 aromatic rings. The Balaban J connectivity index is 2.79. The molecule has 0 radical (unpaired) electrons. The third kappa shape index (κ3) is 1.20. The second-order valence-corrected chi connectivity index (χ2v) is 3.18. The number of hydrogen-bond donors (Lipinski definition) is 2. The molecule has 0 fully saturated rings. The van der Waals surface area contributed by atoms with Gasteiger partial charge < -0.3 is 15.3 Å². The van der Waals surface area contributed by atoms with Crippen molar-refractivity contribution in [1.82, 2.24) is 0 Å². The maximum Gasteiger partial charge on any atom is 0.373 e. The van der Waals surface area contributed by atoms with Gasteiger partial charge in [0.1, 0.15) is 10.6 Å². The summed E-state index contributed by atoms with van der Waals surface area (Å²) in [5, 5.41) is 9.38. The lowest BCUT2D eigenvalue weighted by Gasteiger charge is -1.90. The fraction of sp³-hybridized carbons (Fsp3) is 0. The van der Waals surface area contributed by atoms with E-state index in [0.29, 0.717) is 16.7 Å². The van der Waals surface area contributed by atoms with Crippen LogP contribution in [0.25, 0.3) is 11.0 Å². The summed E-state index contributed by atoms with van der Waals surface area (Å²) in [6.45, 7) is 0. The normalized spacial score (nSPS) is 10.6. The van der Waals surface area contributed by atoms with Gasteiger partial charge in [-0.05, 0) is 12.1 Å². The molecule has 0 atom stereocenters.